The van der Waals surface area contributed by atoms with Gasteiger partial charge in [0.2, 0.25) is 0 Å². The van der Waals surface area contributed by atoms with Crippen molar-refractivity contribution in [3.63, 3.8) is 0 Å². The summed E-state index contributed by atoms with van der Waals surface area (Å²) >= 11 is 0. The number of fused-ring (bicyclic) bond motifs is 7. The first-order chi connectivity index (χ1) is 38.5. The molecule has 0 fully saturated rings. The minimum Gasteiger partial charge on any atom is -0.456 e. The second kappa shape index (κ2) is 19.5. The first kappa shape index (κ1) is 46.3. The van der Waals surface area contributed by atoms with E-state index in [0.717, 1.165) is 134 Å². The van der Waals surface area contributed by atoms with E-state index < -0.39 is 0 Å². The van der Waals surface area contributed by atoms with Crippen LogP contribution in [0.2, 0.25) is 0 Å². The molecule has 0 N–H and O–H groups in total. The fourth-order valence-electron chi connectivity index (χ4n) is 11.0. The number of rotatable bonds is 10. The Morgan fingerprint density at radius 1 is 0.513 bits per heavy atom. The third-order valence-electron chi connectivity index (χ3n) is 15.0. The van der Waals surface area contributed by atoms with Crippen LogP contribution < -0.4 is 0 Å². The average Bonchev–Trinajstić information content (AvgIpc) is 3.89. The average molecular weight is 1000 g/mol. The molecular weight excluding hydrogens is 953 g/mol. The number of hydrogen-bond acceptors (Lipinski definition) is 7. The molecule has 0 saturated heterocycles. The summed E-state index contributed by atoms with van der Waals surface area (Å²) < 4.78 is 6.66. The van der Waals surface area contributed by atoms with Gasteiger partial charge in [-0.3, -0.25) is 9.98 Å². The molecule has 4 heterocycles. The number of amidine groups is 1. The zero-order valence-corrected chi connectivity index (χ0v) is 42.6. The highest BCUT2D eigenvalue weighted by Crippen LogP contribution is 2.46. The van der Waals surface area contributed by atoms with Crippen molar-refractivity contribution in [2.24, 2.45) is 20.9 Å². The molecule has 368 valence electrons. The van der Waals surface area contributed by atoms with Crippen LogP contribution in [0.1, 0.15) is 52.0 Å². The molecule has 14 rings (SSSR count). The first-order valence-corrected chi connectivity index (χ1v) is 26.3. The van der Waals surface area contributed by atoms with E-state index in [9.17, 15) is 0 Å². The zero-order chi connectivity index (χ0) is 52.1. The fraction of sp³-hybridized carbons (Fsp3) is 0.0423. The van der Waals surface area contributed by atoms with Gasteiger partial charge in [-0.2, -0.15) is 0 Å². The van der Waals surface area contributed by atoms with Gasteiger partial charge in [0.15, 0.2) is 11.7 Å². The number of hydrogen-bond donors (Lipinski definition) is 0. The molecule has 2 aliphatic rings. The molecule has 7 nitrogen and oxygen atoms in total. The van der Waals surface area contributed by atoms with E-state index in [1.807, 2.05) is 85.8 Å². The van der Waals surface area contributed by atoms with Crippen molar-refractivity contribution < 1.29 is 4.42 Å². The lowest BCUT2D eigenvalue weighted by atomic mass is 9.79. The number of benzene rings is 9. The highest BCUT2D eigenvalue weighted by molar-refractivity contribution is 6.18. The van der Waals surface area contributed by atoms with Crippen molar-refractivity contribution in [3.8, 4) is 45.0 Å². The monoisotopic (exact) mass is 1000 g/mol. The van der Waals surface area contributed by atoms with Crippen LogP contribution in [0.15, 0.2) is 269 Å². The second-order valence-corrected chi connectivity index (χ2v) is 19.8. The molecule has 1 aliphatic carbocycles. The van der Waals surface area contributed by atoms with Crippen molar-refractivity contribution in [1.29, 1.82) is 0 Å². The van der Waals surface area contributed by atoms with E-state index in [-0.39, 0.29) is 12.0 Å². The first-order valence-electron chi connectivity index (χ1n) is 26.3. The maximum atomic E-state index is 6.66. The van der Waals surface area contributed by atoms with Crippen molar-refractivity contribution >= 4 is 67.4 Å². The van der Waals surface area contributed by atoms with E-state index in [0.29, 0.717) is 11.7 Å². The van der Waals surface area contributed by atoms with Crippen molar-refractivity contribution in [3.05, 3.63) is 288 Å². The lowest BCUT2D eigenvalue weighted by Gasteiger charge is -2.32. The minimum atomic E-state index is -0.344. The quantitative estimate of drug-likeness (QED) is 0.128. The van der Waals surface area contributed by atoms with E-state index in [2.05, 4.69) is 176 Å². The Balaban J connectivity index is 0.939. The molecule has 0 bridgehead atoms. The van der Waals surface area contributed by atoms with Crippen LogP contribution in [0.3, 0.4) is 0 Å². The van der Waals surface area contributed by atoms with Crippen LogP contribution in [0.25, 0.3) is 89.5 Å². The molecule has 78 heavy (non-hydrogen) atoms. The Labute approximate surface area is 451 Å². The van der Waals surface area contributed by atoms with Crippen LogP contribution in [0.5, 0.6) is 0 Å². The maximum absolute atomic E-state index is 6.66. The number of furan rings is 1. The number of nitrogens with zero attached hydrogens (tertiary/aromatic N) is 6. The van der Waals surface area contributed by atoms with E-state index >= 15 is 0 Å². The van der Waals surface area contributed by atoms with Crippen LogP contribution in [-0.2, 0) is 0 Å². The van der Waals surface area contributed by atoms with Crippen molar-refractivity contribution in [2.75, 3.05) is 0 Å². The molecule has 9 aromatic carbocycles. The summed E-state index contributed by atoms with van der Waals surface area (Å²) in [5.74, 6) is 1.06. The third kappa shape index (κ3) is 8.35. The summed E-state index contributed by atoms with van der Waals surface area (Å²) in [6.07, 6.45) is 4.50. The second-order valence-electron chi connectivity index (χ2n) is 19.8. The summed E-state index contributed by atoms with van der Waals surface area (Å²) in [5.41, 5.74) is 19.3. The standard InChI is InChI=1S/C71H48N6O/c1-44(46-21-9-3-10-22-46)54-35-37-56-64(74-70(50-29-17-7-18-30-50)76-68(56)66(54)72-45(2)47-23-11-4-12-24-47)52-33-39-62-59(41-52)60-42-53(34-40-63(60)78-62)65-57-38-36-55-58(48-25-13-5-14-26-48)43-61(49-27-15-6-16-28-49)73-67(55)69(57)77-71(75-65)51-31-19-8-20-32-51/h3-43,57,69H,1H2,2H3/b72-45+. The van der Waals surface area contributed by atoms with Gasteiger partial charge in [-0.25, -0.2) is 19.9 Å². The number of pyridine rings is 1. The van der Waals surface area contributed by atoms with Gasteiger partial charge in [0, 0.05) is 61.2 Å². The summed E-state index contributed by atoms with van der Waals surface area (Å²) in [5, 5.41) is 2.79. The molecule has 0 spiro atoms. The predicted octanol–water partition coefficient (Wildman–Crippen LogP) is 17.4. The highest BCUT2D eigenvalue weighted by Gasteiger charge is 2.37. The largest absolute Gasteiger partial charge is 0.456 e. The molecule has 12 aromatic rings. The number of aromatic nitrogens is 3. The smallest absolute Gasteiger partial charge is 0.160 e. The molecule has 0 saturated carbocycles. The molecule has 0 radical (unpaired) electrons. The normalized spacial score (nSPS) is 15.0. The Bertz CT molecular complexity index is 4430. The van der Waals surface area contributed by atoms with E-state index in [1.165, 1.54) is 0 Å². The fourth-order valence-corrected chi connectivity index (χ4v) is 11.0. The lowest BCUT2D eigenvalue weighted by Crippen LogP contribution is -2.30. The van der Waals surface area contributed by atoms with Gasteiger partial charge in [0.25, 0.3) is 0 Å². The highest BCUT2D eigenvalue weighted by atomic mass is 16.3. The van der Waals surface area contributed by atoms with Gasteiger partial charge in [-0.05, 0) is 88.8 Å². The van der Waals surface area contributed by atoms with Crippen LogP contribution in [0, 0.1) is 5.92 Å². The summed E-state index contributed by atoms with van der Waals surface area (Å²) in [7, 11) is 0. The lowest BCUT2D eigenvalue weighted by molar-refractivity contribution is 0.616. The summed E-state index contributed by atoms with van der Waals surface area (Å²) in [4.78, 5) is 32.7. The zero-order valence-electron chi connectivity index (χ0n) is 42.6. The topological polar surface area (TPSA) is 88.9 Å². The molecule has 2 unspecified atom stereocenters. The van der Waals surface area contributed by atoms with Crippen LogP contribution in [0.4, 0.5) is 5.69 Å². The van der Waals surface area contributed by atoms with Gasteiger partial charge in [-0.15, -0.1) is 0 Å². The van der Waals surface area contributed by atoms with Crippen LogP contribution >= 0.6 is 0 Å². The van der Waals surface area contributed by atoms with Gasteiger partial charge in [-0.1, -0.05) is 207 Å². The molecule has 2 atom stereocenters. The molecule has 0 amide bonds. The Morgan fingerprint density at radius 3 is 1.76 bits per heavy atom. The molecule has 3 aromatic heterocycles. The molecular formula is C71H48N6O. The SMILES string of the molecule is C=C(c1ccccc1)c1ccc2c(-c3ccc4oc5ccc(C6=NC(c7ccccc7)=NC7c8nc(-c9ccccc9)cc(-c9ccccc9)c8C=CC67)cc5c4c3)nc(-c3ccccc3)nc2c1/N=C(\C)c1ccccc1. The van der Waals surface area contributed by atoms with Gasteiger partial charge in [0.1, 0.15) is 22.7 Å². The minimum absolute atomic E-state index is 0.202. The third-order valence-corrected chi connectivity index (χ3v) is 15.0. The van der Waals surface area contributed by atoms with Crippen molar-refractivity contribution in [1.82, 2.24) is 15.0 Å². The van der Waals surface area contributed by atoms with E-state index in [4.69, 9.17) is 34.3 Å². The summed E-state index contributed by atoms with van der Waals surface area (Å²) in [6.45, 7) is 6.69. The van der Waals surface area contributed by atoms with Crippen LogP contribution in [-0.4, -0.2) is 32.2 Å². The van der Waals surface area contributed by atoms with Gasteiger partial charge >= 0.3 is 0 Å². The number of aliphatic imine (C=N–C) groups is 3. The Hall–Kier alpha value is -10.2. The molecule has 7 heteroatoms. The Morgan fingerprint density at radius 2 is 1.09 bits per heavy atom. The Kier molecular flexibility index (Phi) is 11.6. The summed E-state index contributed by atoms with van der Waals surface area (Å²) in [6, 6.07) is 80.8. The predicted molar refractivity (Wildman–Crippen MR) is 320 cm³/mol. The van der Waals surface area contributed by atoms with Gasteiger partial charge in [0.05, 0.1) is 28.5 Å². The van der Waals surface area contributed by atoms with E-state index in [1.54, 1.807) is 0 Å². The maximum Gasteiger partial charge on any atom is 0.160 e. The van der Waals surface area contributed by atoms with Gasteiger partial charge < -0.3 is 4.42 Å². The molecule has 1 aliphatic heterocycles. The van der Waals surface area contributed by atoms with Crippen molar-refractivity contribution in [2.45, 2.75) is 13.0 Å².